The molecule has 0 spiro atoms. The van der Waals surface area contributed by atoms with Crippen LogP contribution in [0.3, 0.4) is 0 Å². The molecule has 0 atom stereocenters. The summed E-state index contributed by atoms with van der Waals surface area (Å²) in [7, 11) is 3.97. The fraction of sp³-hybridized carbons (Fsp3) is 0.333. The molecule has 0 N–H and O–H groups in total. The molecule has 0 aliphatic heterocycles. The van der Waals surface area contributed by atoms with E-state index in [9.17, 15) is 4.79 Å². The van der Waals surface area contributed by atoms with E-state index in [0.29, 0.717) is 6.54 Å². The van der Waals surface area contributed by atoms with Crippen LogP contribution in [0.15, 0.2) is 41.2 Å². The van der Waals surface area contributed by atoms with Crippen molar-refractivity contribution in [1.82, 2.24) is 14.7 Å². The molecule has 0 radical (unpaired) electrons. The minimum absolute atomic E-state index is 0. The van der Waals surface area contributed by atoms with Gasteiger partial charge in [-0.15, -0.1) is 12.4 Å². The molecule has 1 aromatic carbocycles. The predicted molar refractivity (Wildman–Crippen MR) is 84.5 cm³/mol. The van der Waals surface area contributed by atoms with Crippen molar-refractivity contribution in [3.05, 3.63) is 52.3 Å². The molecular formula is C15H20ClN3O. The van der Waals surface area contributed by atoms with E-state index in [2.05, 4.69) is 5.10 Å². The number of likely N-dealkylation sites (N-methyl/N-ethyl adjacent to an activating group) is 1. The third-order valence-electron chi connectivity index (χ3n) is 2.98. The maximum absolute atomic E-state index is 12.0. The lowest BCUT2D eigenvalue weighted by Gasteiger charge is -2.12. The first-order valence-corrected chi connectivity index (χ1v) is 6.37. The van der Waals surface area contributed by atoms with Crippen molar-refractivity contribution >= 4 is 12.4 Å². The van der Waals surface area contributed by atoms with E-state index in [0.717, 1.165) is 23.4 Å². The van der Waals surface area contributed by atoms with Gasteiger partial charge < -0.3 is 4.90 Å². The lowest BCUT2D eigenvalue weighted by molar-refractivity contribution is 0.367. The molecule has 0 saturated carbocycles. The molecule has 4 nitrogen and oxygen atoms in total. The van der Waals surface area contributed by atoms with Gasteiger partial charge in [-0.1, -0.05) is 30.3 Å². The number of nitrogens with zero attached hydrogens (tertiary/aromatic N) is 3. The molecule has 0 amide bonds. The Morgan fingerprint density at radius 2 is 1.85 bits per heavy atom. The summed E-state index contributed by atoms with van der Waals surface area (Å²) in [6, 6.07) is 11.8. The fourth-order valence-corrected chi connectivity index (χ4v) is 1.87. The highest BCUT2D eigenvalue weighted by Gasteiger charge is 2.07. The number of benzene rings is 1. The van der Waals surface area contributed by atoms with Crippen LogP contribution in [0.4, 0.5) is 0 Å². The first-order valence-electron chi connectivity index (χ1n) is 6.37. The smallest absolute Gasteiger partial charge is 0.269 e. The van der Waals surface area contributed by atoms with Crippen molar-refractivity contribution in [2.75, 3.05) is 20.6 Å². The molecule has 0 aliphatic rings. The third-order valence-corrected chi connectivity index (χ3v) is 2.98. The zero-order chi connectivity index (χ0) is 13.8. The molecule has 1 heterocycles. The molecular weight excluding hydrogens is 274 g/mol. The van der Waals surface area contributed by atoms with Gasteiger partial charge in [0, 0.05) is 17.7 Å². The first-order chi connectivity index (χ1) is 9.08. The maximum Gasteiger partial charge on any atom is 0.269 e. The molecule has 0 saturated heterocycles. The van der Waals surface area contributed by atoms with Crippen LogP contribution < -0.4 is 5.56 Å². The first kappa shape index (κ1) is 16.4. The normalized spacial score (nSPS) is 10.4. The van der Waals surface area contributed by atoms with Gasteiger partial charge in [-0.3, -0.25) is 4.79 Å². The van der Waals surface area contributed by atoms with Gasteiger partial charge in [-0.2, -0.15) is 5.10 Å². The minimum atomic E-state index is -0.0125. The molecule has 2 aromatic rings. The Morgan fingerprint density at radius 1 is 1.20 bits per heavy atom. The van der Waals surface area contributed by atoms with E-state index in [1.54, 1.807) is 4.68 Å². The Bertz CT molecular complexity index is 608. The number of hydrogen-bond acceptors (Lipinski definition) is 3. The minimum Gasteiger partial charge on any atom is -0.308 e. The summed E-state index contributed by atoms with van der Waals surface area (Å²) in [5.74, 6) is 0. The SMILES string of the molecule is Cc1cc(-c2ccccc2)nn(CCN(C)C)c1=O.Cl. The van der Waals surface area contributed by atoms with Crippen molar-refractivity contribution in [3.8, 4) is 11.3 Å². The Kier molecular flexibility index (Phi) is 5.92. The lowest BCUT2D eigenvalue weighted by Crippen LogP contribution is -2.30. The van der Waals surface area contributed by atoms with Crippen LogP contribution >= 0.6 is 12.4 Å². The molecule has 5 heteroatoms. The van der Waals surface area contributed by atoms with Crippen LogP contribution in [0.5, 0.6) is 0 Å². The molecule has 0 bridgehead atoms. The molecule has 0 unspecified atom stereocenters. The van der Waals surface area contributed by atoms with E-state index in [-0.39, 0.29) is 18.0 Å². The predicted octanol–water partition coefficient (Wildman–Crippen LogP) is 2.20. The van der Waals surface area contributed by atoms with Crippen molar-refractivity contribution < 1.29 is 0 Å². The Morgan fingerprint density at radius 3 is 2.45 bits per heavy atom. The maximum atomic E-state index is 12.0. The lowest BCUT2D eigenvalue weighted by atomic mass is 10.1. The van der Waals surface area contributed by atoms with Crippen LogP contribution in [-0.2, 0) is 6.54 Å². The van der Waals surface area contributed by atoms with Crippen LogP contribution in [0.1, 0.15) is 5.56 Å². The molecule has 0 fully saturated rings. The number of halogens is 1. The highest BCUT2D eigenvalue weighted by Crippen LogP contribution is 2.15. The summed E-state index contributed by atoms with van der Waals surface area (Å²) in [5.41, 5.74) is 2.59. The van der Waals surface area contributed by atoms with Crippen LogP contribution in [-0.4, -0.2) is 35.3 Å². The van der Waals surface area contributed by atoms with Crippen molar-refractivity contribution in [3.63, 3.8) is 0 Å². The third kappa shape index (κ3) is 3.92. The zero-order valence-electron chi connectivity index (χ0n) is 12.0. The van der Waals surface area contributed by atoms with Crippen molar-refractivity contribution in [2.45, 2.75) is 13.5 Å². The van der Waals surface area contributed by atoms with E-state index >= 15 is 0 Å². The summed E-state index contributed by atoms with van der Waals surface area (Å²) >= 11 is 0. The van der Waals surface area contributed by atoms with E-state index in [1.165, 1.54) is 0 Å². The zero-order valence-corrected chi connectivity index (χ0v) is 12.9. The summed E-state index contributed by atoms with van der Waals surface area (Å²) in [4.78, 5) is 14.1. The highest BCUT2D eigenvalue weighted by molar-refractivity contribution is 5.85. The van der Waals surface area contributed by atoms with Gasteiger partial charge in [-0.05, 0) is 27.1 Å². The Labute approximate surface area is 125 Å². The molecule has 108 valence electrons. The van der Waals surface area contributed by atoms with Gasteiger partial charge in [0.1, 0.15) is 0 Å². The van der Waals surface area contributed by atoms with Crippen LogP contribution in [0.25, 0.3) is 11.3 Å². The van der Waals surface area contributed by atoms with Crippen molar-refractivity contribution in [1.29, 1.82) is 0 Å². The van der Waals surface area contributed by atoms with E-state index < -0.39 is 0 Å². The van der Waals surface area contributed by atoms with E-state index in [4.69, 9.17) is 0 Å². The highest BCUT2D eigenvalue weighted by atomic mass is 35.5. The number of rotatable bonds is 4. The van der Waals surface area contributed by atoms with Gasteiger partial charge in [0.15, 0.2) is 0 Å². The topological polar surface area (TPSA) is 38.1 Å². The average Bonchev–Trinajstić information content (AvgIpc) is 2.41. The Hall–Kier alpha value is -1.65. The van der Waals surface area contributed by atoms with Gasteiger partial charge in [0.2, 0.25) is 0 Å². The number of aryl methyl sites for hydroxylation is 1. The second-order valence-corrected chi connectivity index (χ2v) is 4.91. The summed E-state index contributed by atoms with van der Waals surface area (Å²) in [5, 5.41) is 4.45. The molecule has 1 aromatic heterocycles. The number of hydrogen-bond donors (Lipinski definition) is 0. The van der Waals surface area contributed by atoms with Crippen LogP contribution in [0.2, 0.25) is 0 Å². The molecule has 2 rings (SSSR count). The van der Waals surface area contributed by atoms with Crippen LogP contribution in [0, 0.1) is 6.92 Å². The fourth-order valence-electron chi connectivity index (χ4n) is 1.87. The molecule has 20 heavy (non-hydrogen) atoms. The largest absolute Gasteiger partial charge is 0.308 e. The number of aromatic nitrogens is 2. The standard InChI is InChI=1S/C15H19N3O.ClH/c1-12-11-14(13-7-5-4-6-8-13)16-18(15(12)19)10-9-17(2)3;/h4-8,11H,9-10H2,1-3H3;1H. The van der Waals surface area contributed by atoms with Crippen molar-refractivity contribution in [2.24, 2.45) is 0 Å². The second-order valence-electron chi connectivity index (χ2n) is 4.91. The Balaban J connectivity index is 0.00000200. The van der Waals surface area contributed by atoms with E-state index in [1.807, 2.05) is 62.3 Å². The quantitative estimate of drug-likeness (QED) is 0.867. The van der Waals surface area contributed by atoms with Gasteiger partial charge in [-0.25, -0.2) is 4.68 Å². The second kappa shape index (κ2) is 7.22. The summed E-state index contributed by atoms with van der Waals surface area (Å²) in [6.07, 6.45) is 0. The summed E-state index contributed by atoms with van der Waals surface area (Å²) in [6.45, 7) is 3.24. The van der Waals surface area contributed by atoms with Gasteiger partial charge in [0.25, 0.3) is 5.56 Å². The monoisotopic (exact) mass is 293 g/mol. The average molecular weight is 294 g/mol. The molecule has 0 aliphatic carbocycles. The van der Waals surface area contributed by atoms with Gasteiger partial charge in [0.05, 0.1) is 12.2 Å². The summed E-state index contributed by atoms with van der Waals surface area (Å²) < 4.78 is 1.55. The van der Waals surface area contributed by atoms with Gasteiger partial charge >= 0.3 is 0 Å².